The van der Waals surface area contributed by atoms with Crippen molar-refractivity contribution in [1.82, 2.24) is 29.4 Å². The standard InChI is InChI=1S/C14H13N5O.C9H13N3/c20-9-13-8-19(17-16-13)7-12-6-18-5-11(10-1-2-10)3-4-14(18)15-12;1-12-3-2-7-4-8(5-10)11-6-9(7)12/h3-6,8-10H,1-2,7H2;4,6H,2-3,5,10H2,1H3. The van der Waals surface area contributed by atoms with Gasteiger partial charge in [-0.1, -0.05) is 11.3 Å². The number of anilines is 1. The Balaban J connectivity index is 0.000000154. The maximum absolute atomic E-state index is 10.6. The Morgan fingerprint density at radius 2 is 2.06 bits per heavy atom. The molecule has 2 aliphatic rings. The molecule has 4 aromatic rings. The molecule has 1 aliphatic heterocycles. The third-order valence-electron chi connectivity index (χ3n) is 5.93. The van der Waals surface area contributed by atoms with Gasteiger partial charge in [-0.2, -0.15) is 0 Å². The summed E-state index contributed by atoms with van der Waals surface area (Å²) in [4.78, 5) is 21.6. The van der Waals surface area contributed by atoms with E-state index in [1.54, 1.807) is 10.9 Å². The van der Waals surface area contributed by atoms with E-state index in [9.17, 15) is 4.79 Å². The number of pyridine rings is 2. The van der Waals surface area contributed by atoms with Crippen molar-refractivity contribution in [2.75, 3.05) is 18.5 Å². The molecule has 6 rings (SSSR count). The summed E-state index contributed by atoms with van der Waals surface area (Å²) in [5.74, 6) is 0.732. The molecule has 4 aromatic heterocycles. The maximum Gasteiger partial charge on any atom is 0.171 e. The number of aldehydes is 1. The topological polar surface area (TPSA) is 107 Å². The summed E-state index contributed by atoms with van der Waals surface area (Å²) in [5, 5.41) is 7.64. The highest BCUT2D eigenvalue weighted by Crippen LogP contribution is 2.39. The van der Waals surface area contributed by atoms with Crippen LogP contribution in [0, 0.1) is 0 Å². The molecule has 9 nitrogen and oxygen atoms in total. The Kier molecular flexibility index (Phi) is 5.40. The van der Waals surface area contributed by atoms with Crippen LogP contribution in [0.15, 0.2) is 43.0 Å². The van der Waals surface area contributed by atoms with E-state index in [1.165, 1.54) is 29.7 Å². The number of likely N-dealkylation sites (N-methyl/N-ethyl adjacent to an activating group) is 1. The third-order valence-corrected chi connectivity index (χ3v) is 5.93. The second-order valence-electron chi connectivity index (χ2n) is 8.37. The molecule has 0 unspecified atom stereocenters. The Labute approximate surface area is 185 Å². The van der Waals surface area contributed by atoms with Crippen molar-refractivity contribution in [3.05, 3.63) is 71.2 Å². The van der Waals surface area contributed by atoms with Gasteiger partial charge in [-0.3, -0.25) is 9.78 Å². The monoisotopic (exact) mass is 430 g/mol. The zero-order valence-corrected chi connectivity index (χ0v) is 18.1. The molecule has 1 fully saturated rings. The van der Waals surface area contributed by atoms with Crippen molar-refractivity contribution in [3.8, 4) is 0 Å². The molecule has 0 atom stereocenters. The first-order valence-corrected chi connectivity index (χ1v) is 10.8. The van der Waals surface area contributed by atoms with Gasteiger partial charge in [-0.25, -0.2) is 9.67 Å². The SMILES string of the molecule is CN1CCc2cc(CN)ncc21.O=Cc1cn(Cc2cn3cc(C4CC4)ccc3n2)nn1. The Morgan fingerprint density at radius 3 is 2.81 bits per heavy atom. The lowest BCUT2D eigenvalue weighted by molar-refractivity contribution is 0.111. The van der Waals surface area contributed by atoms with Crippen LogP contribution in [-0.4, -0.2) is 49.2 Å². The number of fused-ring (bicyclic) bond motifs is 2. The van der Waals surface area contributed by atoms with Gasteiger partial charge in [-0.15, -0.1) is 5.10 Å². The van der Waals surface area contributed by atoms with Crippen LogP contribution in [0.2, 0.25) is 0 Å². The third kappa shape index (κ3) is 4.24. The average molecular weight is 431 g/mol. The predicted octanol–water partition coefficient (Wildman–Crippen LogP) is 2.20. The van der Waals surface area contributed by atoms with Gasteiger partial charge >= 0.3 is 0 Å². The van der Waals surface area contributed by atoms with Gasteiger partial charge in [-0.05, 0) is 48.4 Å². The van der Waals surface area contributed by atoms with E-state index >= 15 is 0 Å². The molecule has 32 heavy (non-hydrogen) atoms. The maximum atomic E-state index is 10.6. The van der Waals surface area contributed by atoms with Crippen LogP contribution in [0.4, 0.5) is 5.69 Å². The van der Waals surface area contributed by atoms with Crippen molar-refractivity contribution >= 4 is 17.6 Å². The van der Waals surface area contributed by atoms with Crippen LogP contribution < -0.4 is 10.6 Å². The second kappa shape index (κ2) is 8.51. The van der Waals surface area contributed by atoms with Gasteiger partial charge in [0.2, 0.25) is 0 Å². The summed E-state index contributed by atoms with van der Waals surface area (Å²) >= 11 is 0. The second-order valence-corrected chi connectivity index (χ2v) is 8.37. The highest BCUT2D eigenvalue weighted by molar-refractivity contribution is 5.70. The van der Waals surface area contributed by atoms with E-state index in [0.29, 0.717) is 25.1 Å². The molecule has 0 radical (unpaired) electrons. The molecule has 1 aliphatic carbocycles. The minimum atomic E-state index is 0.338. The van der Waals surface area contributed by atoms with Gasteiger partial charge in [0.1, 0.15) is 11.3 Å². The van der Waals surface area contributed by atoms with E-state index in [1.807, 2.05) is 12.4 Å². The van der Waals surface area contributed by atoms with Gasteiger partial charge in [0.05, 0.1) is 36.0 Å². The predicted molar refractivity (Wildman–Crippen MR) is 121 cm³/mol. The van der Waals surface area contributed by atoms with Crippen LogP contribution in [0.25, 0.3) is 5.65 Å². The van der Waals surface area contributed by atoms with Crippen LogP contribution >= 0.6 is 0 Å². The number of carbonyl (C=O) groups excluding carboxylic acids is 1. The quantitative estimate of drug-likeness (QED) is 0.484. The summed E-state index contributed by atoms with van der Waals surface area (Å²) in [6.45, 7) is 2.16. The molecule has 9 heteroatoms. The lowest BCUT2D eigenvalue weighted by Crippen LogP contribution is -2.12. The van der Waals surface area contributed by atoms with Crippen LogP contribution in [0.3, 0.4) is 0 Å². The minimum absolute atomic E-state index is 0.338. The summed E-state index contributed by atoms with van der Waals surface area (Å²) in [6.07, 6.45) is 12.1. The molecule has 2 N–H and O–H groups in total. The fourth-order valence-corrected chi connectivity index (χ4v) is 4.01. The van der Waals surface area contributed by atoms with Crippen molar-refractivity contribution in [2.45, 2.75) is 38.3 Å². The zero-order valence-electron chi connectivity index (χ0n) is 18.1. The fraction of sp³-hybridized carbons (Fsp3) is 0.348. The number of carbonyl (C=O) groups is 1. The molecule has 1 saturated carbocycles. The van der Waals surface area contributed by atoms with Crippen molar-refractivity contribution < 1.29 is 4.79 Å². The number of nitrogens with two attached hydrogens (primary N) is 1. The van der Waals surface area contributed by atoms with Crippen LogP contribution in [0.1, 0.15) is 51.8 Å². The Morgan fingerprint density at radius 1 is 1.19 bits per heavy atom. The molecular weight excluding hydrogens is 404 g/mol. The Hall–Kier alpha value is -3.59. The Bertz CT molecular complexity index is 1260. The summed E-state index contributed by atoms with van der Waals surface area (Å²) < 4.78 is 3.67. The molecule has 5 heterocycles. The molecule has 0 saturated heterocycles. The highest BCUT2D eigenvalue weighted by Gasteiger charge is 2.23. The van der Waals surface area contributed by atoms with Crippen molar-refractivity contribution in [2.24, 2.45) is 5.73 Å². The molecule has 0 spiro atoms. The number of aromatic nitrogens is 6. The van der Waals surface area contributed by atoms with Crippen molar-refractivity contribution in [1.29, 1.82) is 0 Å². The molecular formula is C23H26N8O. The first kappa shape index (κ1) is 20.3. The molecule has 164 valence electrons. The lowest BCUT2D eigenvalue weighted by atomic mass is 10.2. The summed E-state index contributed by atoms with van der Waals surface area (Å²) in [5.41, 5.74) is 12.7. The summed E-state index contributed by atoms with van der Waals surface area (Å²) in [7, 11) is 2.09. The van der Waals surface area contributed by atoms with E-state index in [4.69, 9.17) is 5.73 Å². The summed E-state index contributed by atoms with van der Waals surface area (Å²) in [6, 6.07) is 6.32. The first-order valence-electron chi connectivity index (χ1n) is 10.8. The number of hydrogen-bond acceptors (Lipinski definition) is 7. The normalized spacial score (nSPS) is 14.9. The zero-order chi connectivity index (χ0) is 22.1. The molecule has 0 amide bonds. The van der Waals surface area contributed by atoms with E-state index < -0.39 is 0 Å². The number of imidazole rings is 1. The van der Waals surface area contributed by atoms with Gasteiger partial charge in [0, 0.05) is 32.5 Å². The minimum Gasteiger partial charge on any atom is -0.373 e. The first-order chi connectivity index (χ1) is 15.6. The molecule has 0 aromatic carbocycles. The van der Waals surface area contributed by atoms with E-state index in [2.05, 4.69) is 61.0 Å². The fourth-order valence-electron chi connectivity index (χ4n) is 4.01. The van der Waals surface area contributed by atoms with Crippen LogP contribution in [0.5, 0.6) is 0 Å². The van der Waals surface area contributed by atoms with E-state index in [0.717, 1.165) is 35.9 Å². The highest BCUT2D eigenvalue weighted by atomic mass is 16.1. The average Bonchev–Trinajstić information content (AvgIpc) is 3.27. The number of rotatable bonds is 5. The van der Waals surface area contributed by atoms with Gasteiger partial charge in [0.25, 0.3) is 0 Å². The van der Waals surface area contributed by atoms with Gasteiger partial charge in [0.15, 0.2) is 6.29 Å². The number of hydrogen-bond donors (Lipinski definition) is 1. The van der Waals surface area contributed by atoms with Gasteiger partial charge < -0.3 is 15.0 Å². The van der Waals surface area contributed by atoms with E-state index in [-0.39, 0.29) is 0 Å². The molecule has 0 bridgehead atoms. The van der Waals surface area contributed by atoms with Crippen LogP contribution in [-0.2, 0) is 19.5 Å². The van der Waals surface area contributed by atoms with Crippen molar-refractivity contribution in [3.63, 3.8) is 0 Å². The largest absolute Gasteiger partial charge is 0.373 e. The smallest absolute Gasteiger partial charge is 0.171 e. The lowest BCUT2D eigenvalue weighted by Gasteiger charge is -2.10. The number of nitrogens with zero attached hydrogens (tertiary/aromatic N) is 7.